The summed E-state index contributed by atoms with van der Waals surface area (Å²) < 4.78 is 5.32. The highest BCUT2D eigenvalue weighted by Gasteiger charge is 2.66. The molecule has 2 heteroatoms. The van der Waals surface area contributed by atoms with E-state index < -0.39 is 0 Å². The van der Waals surface area contributed by atoms with Crippen LogP contribution in [-0.2, 0) is 9.53 Å². The Balaban J connectivity index is 2.21. The minimum Gasteiger partial charge on any atom is -0.459 e. The van der Waals surface area contributed by atoms with Crippen LogP contribution in [0.25, 0.3) is 0 Å². The van der Waals surface area contributed by atoms with Crippen LogP contribution in [0.5, 0.6) is 0 Å². The third-order valence-electron chi connectivity index (χ3n) is 3.39. The monoisotopic (exact) mass is 168 g/mol. The lowest BCUT2D eigenvalue weighted by atomic mass is 9.96. The van der Waals surface area contributed by atoms with Crippen molar-refractivity contribution < 1.29 is 9.53 Å². The first kappa shape index (κ1) is 8.09. The van der Waals surface area contributed by atoms with Crippen LogP contribution in [0.15, 0.2) is 0 Å². The molecule has 2 aliphatic rings. The van der Waals surface area contributed by atoms with Crippen molar-refractivity contribution in [1.82, 2.24) is 0 Å². The van der Waals surface area contributed by atoms with Gasteiger partial charge in [-0.05, 0) is 31.6 Å². The standard InChI is InChI=1S/C10H16O2/c1-9(2)5-6-7(8(11)12-9)10(6,3)4/h6-7H,5H2,1-4H3/t6-,7+/m0/s1. The Labute approximate surface area is 73.3 Å². The van der Waals surface area contributed by atoms with Crippen molar-refractivity contribution in [3.05, 3.63) is 0 Å². The summed E-state index contributed by atoms with van der Waals surface area (Å²) in [5.74, 6) is 0.764. The fourth-order valence-electron chi connectivity index (χ4n) is 2.50. The zero-order valence-corrected chi connectivity index (χ0v) is 8.18. The van der Waals surface area contributed by atoms with Crippen LogP contribution in [-0.4, -0.2) is 11.6 Å². The number of esters is 1. The van der Waals surface area contributed by atoms with Gasteiger partial charge in [0.2, 0.25) is 0 Å². The number of carbonyl (C=O) groups excluding carboxylic acids is 1. The van der Waals surface area contributed by atoms with E-state index in [1.54, 1.807) is 0 Å². The maximum Gasteiger partial charge on any atom is 0.310 e. The molecule has 68 valence electrons. The number of rotatable bonds is 0. The van der Waals surface area contributed by atoms with Gasteiger partial charge in [-0.2, -0.15) is 0 Å². The molecule has 2 nitrogen and oxygen atoms in total. The summed E-state index contributed by atoms with van der Waals surface area (Å²) in [5.41, 5.74) is -0.0309. The van der Waals surface area contributed by atoms with Crippen LogP contribution in [0.2, 0.25) is 0 Å². The second-order valence-corrected chi connectivity index (χ2v) is 5.29. The van der Waals surface area contributed by atoms with Crippen LogP contribution in [0.3, 0.4) is 0 Å². The Bertz CT molecular complexity index is 238. The molecule has 1 aliphatic heterocycles. The molecule has 0 spiro atoms. The highest BCUT2D eigenvalue weighted by molar-refractivity contribution is 5.79. The number of hydrogen-bond donors (Lipinski definition) is 0. The van der Waals surface area contributed by atoms with Crippen molar-refractivity contribution in [2.75, 3.05) is 0 Å². The van der Waals surface area contributed by atoms with Crippen molar-refractivity contribution in [2.24, 2.45) is 17.3 Å². The molecule has 0 aromatic carbocycles. The summed E-state index contributed by atoms with van der Waals surface area (Å²) in [6.45, 7) is 8.31. The van der Waals surface area contributed by atoms with Crippen molar-refractivity contribution in [3.63, 3.8) is 0 Å². The van der Waals surface area contributed by atoms with Crippen LogP contribution in [0.4, 0.5) is 0 Å². The van der Waals surface area contributed by atoms with Gasteiger partial charge in [-0.25, -0.2) is 0 Å². The first-order valence-corrected chi connectivity index (χ1v) is 4.57. The molecule has 0 bridgehead atoms. The zero-order chi connectivity index (χ0) is 9.15. The van der Waals surface area contributed by atoms with E-state index in [4.69, 9.17) is 4.74 Å². The van der Waals surface area contributed by atoms with E-state index in [-0.39, 0.29) is 22.9 Å². The SMILES string of the molecule is CC1(C)C[C@H]2[C@H](C(=O)O1)C2(C)C. The molecule has 1 saturated heterocycles. The molecule has 1 heterocycles. The Morgan fingerprint density at radius 2 is 1.92 bits per heavy atom. The highest BCUT2D eigenvalue weighted by atomic mass is 16.6. The summed E-state index contributed by atoms with van der Waals surface area (Å²) in [4.78, 5) is 11.4. The minimum absolute atomic E-state index is 0.0150. The topological polar surface area (TPSA) is 26.3 Å². The Kier molecular flexibility index (Phi) is 1.25. The van der Waals surface area contributed by atoms with Gasteiger partial charge >= 0.3 is 5.97 Å². The van der Waals surface area contributed by atoms with Gasteiger partial charge in [0, 0.05) is 0 Å². The molecule has 0 N–H and O–H groups in total. The van der Waals surface area contributed by atoms with E-state index in [0.29, 0.717) is 5.92 Å². The van der Waals surface area contributed by atoms with Crippen molar-refractivity contribution in [1.29, 1.82) is 0 Å². The summed E-state index contributed by atoms with van der Waals surface area (Å²) in [6.07, 6.45) is 1.02. The number of ether oxygens (including phenoxy) is 1. The molecule has 12 heavy (non-hydrogen) atoms. The van der Waals surface area contributed by atoms with E-state index in [0.717, 1.165) is 6.42 Å². The van der Waals surface area contributed by atoms with Gasteiger partial charge in [0.25, 0.3) is 0 Å². The second-order valence-electron chi connectivity index (χ2n) is 5.29. The fraction of sp³-hybridized carbons (Fsp3) is 0.900. The lowest BCUT2D eigenvalue weighted by Crippen LogP contribution is -2.33. The number of carbonyl (C=O) groups is 1. The summed E-state index contributed by atoms with van der Waals surface area (Å²) >= 11 is 0. The van der Waals surface area contributed by atoms with E-state index in [1.165, 1.54) is 0 Å². The van der Waals surface area contributed by atoms with E-state index in [2.05, 4.69) is 13.8 Å². The van der Waals surface area contributed by atoms with Crippen LogP contribution in [0, 0.1) is 17.3 Å². The predicted molar refractivity (Wildman–Crippen MR) is 45.5 cm³/mol. The lowest BCUT2D eigenvalue weighted by Gasteiger charge is -2.28. The molecule has 2 atom stereocenters. The molecule has 1 aliphatic carbocycles. The molecule has 0 unspecified atom stereocenters. The van der Waals surface area contributed by atoms with Gasteiger partial charge in [-0.15, -0.1) is 0 Å². The van der Waals surface area contributed by atoms with E-state index in [9.17, 15) is 4.79 Å². The smallest absolute Gasteiger partial charge is 0.310 e. The van der Waals surface area contributed by atoms with Gasteiger partial charge in [-0.3, -0.25) is 4.79 Å². The second kappa shape index (κ2) is 1.86. The predicted octanol–water partition coefficient (Wildman–Crippen LogP) is 1.98. The normalized spacial score (nSPS) is 41.5. The summed E-state index contributed by atoms with van der Waals surface area (Å²) in [7, 11) is 0. The summed E-state index contributed by atoms with van der Waals surface area (Å²) in [6, 6.07) is 0. The van der Waals surface area contributed by atoms with Gasteiger partial charge in [-0.1, -0.05) is 13.8 Å². The zero-order valence-electron chi connectivity index (χ0n) is 8.18. The van der Waals surface area contributed by atoms with Crippen molar-refractivity contribution in [3.8, 4) is 0 Å². The number of hydrogen-bond acceptors (Lipinski definition) is 2. The van der Waals surface area contributed by atoms with E-state index >= 15 is 0 Å². The molecule has 0 aromatic rings. The largest absolute Gasteiger partial charge is 0.459 e. The molecule has 0 amide bonds. The third kappa shape index (κ3) is 0.900. The third-order valence-corrected chi connectivity index (χ3v) is 3.39. The quantitative estimate of drug-likeness (QED) is 0.517. The molecular formula is C10H16O2. The van der Waals surface area contributed by atoms with Crippen LogP contribution < -0.4 is 0 Å². The molecule has 2 fully saturated rings. The highest BCUT2D eigenvalue weighted by Crippen LogP contribution is 2.64. The Hall–Kier alpha value is -0.530. The lowest BCUT2D eigenvalue weighted by molar-refractivity contribution is -0.164. The molecule has 0 aromatic heterocycles. The first-order chi connectivity index (χ1) is 5.34. The maximum atomic E-state index is 11.4. The molecule has 0 radical (unpaired) electrons. The van der Waals surface area contributed by atoms with Gasteiger partial charge in [0.1, 0.15) is 5.60 Å². The van der Waals surface area contributed by atoms with Gasteiger partial charge in [0.05, 0.1) is 5.92 Å². The van der Waals surface area contributed by atoms with Crippen LogP contribution in [0.1, 0.15) is 34.1 Å². The summed E-state index contributed by atoms with van der Waals surface area (Å²) in [5, 5.41) is 0. The fourth-order valence-corrected chi connectivity index (χ4v) is 2.50. The van der Waals surface area contributed by atoms with Crippen molar-refractivity contribution in [2.45, 2.75) is 39.7 Å². The molecular weight excluding hydrogens is 152 g/mol. The van der Waals surface area contributed by atoms with Crippen LogP contribution >= 0.6 is 0 Å². The average Bonchev–Trinajstić information content (AvgIpc) is 2.30. The average molecular weight is 168 g/mol. The number of cyclic esters (lactones) is 1. The van der Waals surface area contributed by atoms with Gasteiger partial charge in [0.15, 0.2) is 0 Å². The Morgan fingerprint density at radius 1 is 1.33 bits per heavy atom. The maximum absolute atomic E-state index is 11.4. The minimum atomic E-state index is -0.230. The Morgan fingerprint density at radius 3 is 2.42 bits per heavy atom. The number of fused-ring (bicyclic) bond motifs is 1. The molecule has 2 rings (SSSR count). The first-order valence-electron chi connectivity index (χ1n) is 4.57. The molecule has 1 saturated carbocycles. The van der Waals surface area contributed by atoms with Crippen molar-refractivity contribution >= 4 is 5.97 Å². The van der Waals surface area contributed by atoms with Gasteiger partial charge < -0.3 is 4.74 Å². The van der Waals surface area contributed by atoms with E-state index in [1.807, 2.05) is 13.8 Å².